The topological polar surface area (TPSA) is 53.1 Å². The number of benzene rings is 1. The fraction of sp³-hybridized carbons (Fsp3) is 0.231. The van der Waals surface area contributed by atoms with Gasteiger partial charge in [0.25, 0.3) is 0 Å². The van der Waals surface area contributed by atoms with Crippen LogP contribution in [0.15, 0.2) is 24.3 Å². The summed E-state index contributed by atoms with van der Waals surface area (Å²) < 4.78 is 7.46. The molecular weight excluding hydrogens is 246 g/mol. The van der Waals surface area contributed by atoms with Gasteiger partial charge in [-0.25, -0.2) is 4.68 Å². The first kappa shape index (κ1) is 12.6. The van der Waals surface area contributed by atoms with Crippen LogP contribution in [-0.4, -0.2) is 14.8 Å². The molecule has 2 aromatic rings. The van der Waals surface area contributed by atoms with Gasteiger partial charge in [-0.1, -0.05) is 12.2 Å². The van der Waals surface area contributed by atoms with E-state index in [1.54, 1.807) is 4.68 Å². The molecule has 1 aromatic heterocycles. The average Bonchev–Trinajstić information content (AvgIpc) is 2.57. The highest BCUT2D eigenvalue weighted by Crippen LogP contribution is 2.24. The minimum absolute atomic E-state index is 0.399. The Labute approximate surface area is 111 Å². The van der Waals surface area contributed by atoms with E-state index in [1.165, 1.54) is 0 Å². The SMILES string of the molecule is Cc1cc(Oc2ccc(C(N)=S)c(C)c2)n(C)n1. The molecule has 0 bridgehead atoms. The molecule has 2 rings (SSSR count). The van der Waals surface area contributed by atoms with E-state index in [4.69, 9.17) is 22.7 Å². The molecule has 0 saturated heterocycles. The van der Waals surface area contributed by atoms with Crippen LogP contribution in [0.4, 0.5) is 0 Å². The smallest absolute Gasteiger partial charge is 0.217 e. The lowest BCUT2D eigenvalue weighted by Crippen LogP contribution is -2.10. The predicted molar refractivity (Wildman–Crippen MR) is 75.1 cm³/mol. The van der Waals surface area contributed by atoms with E-state index in [-0.39, 0.29) is 0 Å². The maximum atomic E-state index is 5.76. The molecule has 0 atom stereocenters. The van der Waals surface area contributed by atoms with E-state index in [2.05, 4.69) is 5.10 Å². The van der Waals surface area contributed by atoms with Crippen LogP contribution in [0, 0.1) is 13.8 Å². The van der Waals surface area contributed by atoms with Gasteiger partial charge in [-0.15, -0.1) is 0 Å². The normalized spacial score (nSPS) is 10.4. The molecule has 4 nitrogen and oxygen atoms in total. The Hall–Kier alpha value is -1.88. The fourth-order valence-corrected chi connectivity index (χ4v) is 2.01. The molecule has 94 valence electrons. The molecule has 0 aliphatic rings. The van der Waals surface area contributed by atoms with Gasteiger partial charge in [0.2, 0.25) is 5.88 Å². The molecule has 1 heterocycles. The van der Waals surface area contributed by atoms with Crippen molar-refractivity contribution in [1.82, 2.24) is 9.78 Å². The Morgan fingerprint density at radius 1 is 1.33 bits per heavy atom. The molecule has 0 fully saturated rings. The number of thiocarbonyl (C=S) groups is 1. The fourth-order valence-electron chi connectivity index (χ4n) is 1.78. The van der Waals surface area contributed by atoms with Gasteiger partial charge in [-0.3, -0.25) is 0 Å². The number of ether oxygens (including phenoxy) is 1. The second-order valence-electron chi connectivity index (χ2n) is 4.19. The van der Waals surface area contributed by atoms with Crippen molar-refractivity contribution in [2.24, 2.45) is 12.8 Å². The largest absolute Gasteiger partial charge is 0.439 e. The van der Waals surface area contributed by atoms with Crippen molar-refractivity contribution < 1.29 is 4.74 Å². The molecule has 0 radical (unpaired) electrons. The van der Waals surface area contributed by atoms with Gasteiger partial charge in [0.15, 0.2) is 0 Å². The van der Waals surface area contributed by atoms with Gasteiger partial charge in [0, 0.05) is 18.7 Å². The third-order valence-corrected chi connectivity index (χ3v) is 2.86. The summed E-state index contributed by atoms with van der Waals surface area (Å²) in [5.74, 6) is 1.45. The van der Waals surface area contributed by atoms with Gasteiger partial charge < -0.3 is 10.5 Å². The number of aryl methyl sites for hydroxylation is 3. The minimum Gasteiger partial charge on any atom is -0.439 e. The number of nitrogens with two attached hydrogens (primary N) is 1. The Morgan fingerprint density at radius 3 is 2.56 bits per heavy atom. The molecule has 0 amide bonds. The Morgan fingerprint density at radius 2 is 2.06 bits per heavy atom. The maximum absolute atomic E-state index is 5.76. The summed E-state index contributed by atoms with van der Waals surface area (Å²) in [6, 6.07) is 7.52. The average molecular weight is 261 g/mol. The second-order valence-corrected chi connectivity index (χ2v) is 4.63. The lowest BCUT2D eigenvalue weighted by atomic mass is 10.1. The Kier molecular flexibility index (Phi) is 3.34. The Bertz CT molecular complexity index is 604. The van der Waals surface area contributed by atoms with Crippen LogP contribution < -0.4 is 10.5 Å². The van der Waals surface area contributed by atoms with E-state index < -0.39 is 0 Å². The van der Waals surface area contributed by atoms with Gasteiger partial charge in [-0.2, -0.15) is 5.10 Å². The van der Waals surface area contributed by atoms with Crippen molar-refractivity contribution in [3.63, 3.8) is 0 Å². The van der Waals surface area contributed by atoms with Gasteiger partial charge >= 0.3 is 0 Å². The van der Waals surface area contributed by atoms with E-state index in [1.807, 2.05) is 45.2 Å². The van der Waals surface area contributed by atoms with Crippen molar-refractivity contribution in [3.05, 3.63) is 41.1 Å². The number of aromatic nitrogens is 2. The Balaban J connectivity index is 2.28. The standard InChI is InChI=1S/C13H15N3OS/c1-8-6-10(4-5-11(8)13(14)18)17-12-7-9(2)15-16(12)3/h4-7H,1-3H3,(H2,14,18). The second kappa shape index (κ2) is 4.78. The summed E-state index contributed by atoms with van der Waals surface area (Å²) in [4.78, 5) is 0.399. The first-order valence-corrected chi connectivity index (χ1v) is 5.97. The minimum atomic E-state index is 0.399. The monoisotopic (exact) mass is 261 g/mol. The van der Waals surface area contributed by atoms with Crippen molar-refractivity contribution in [1.29, 1.82) is 0 Å². The van der Waals surface area contributed by atoms with Crippen LogP contribution in [-0.2, 0) is 7.05 Å². The number of nitrogens with zero attached hydrogens (tertiary/aromatic N) is 2. The number of rotatable bonds is 3. The van der Waals surface area contributed by atoms with Crippen LogP contribution in [0.1, 0.15) is 16.8 Å². The highest BCUT2D eigenvalue weighted by Gasteiger charge is 2.07. The summed E-state index contributed by atoms with van der Waals surface area (Å²) in [7, 11) is 1.85. The molecule has 18 heavy (non-hydrogen) atoms. The summed E-state index contributed by atoms with van der Waals surface area (Å²) in [6.07, 6.45) is 0. The third kappa shape index (κ3) is 2.51. The van der Waals surface area contributed by atoms with Crippen molar-refractivity contribution >= 4 is 17.2 Å². The highest BCUT2D eigenvalue weighted by molar-refractivity contribution is 7.80. The van der Waals surface area contributed by atoms with Crippen molar-refractivity contribution in [2.45, 2.75) is 13.8 Å². The van der Waals surface area contributed by atoms with Crippen molar-refractivity contribution in [3.8, 4) is 11.6 Å². The molecular formula is C13H15N3OS. The molecule has 0 spiro atoms. The molecule has 2 N–H and O–H groups in total. The van der Waals surface area contributed by atoms with Crippen LogP contribution in [0.25, 0.3) is 0 Å². The van der Waals surface area contributed by atoms with E-state index in [0.29, 0.717) is 10.9 Å². The third-order valence-electron chi connectivity index (χ3n) is 2.64. The lowest BCUT2D eigenvalue weighted by Gasteiger charge is -2.08. The van der Waals surface area contributed by atoms with E-state index in [0.717, 1.165) is 22.6 Å². The quantitative estimate of drug-likeness (QED) is 0.862. The summed E-state index contributed by atoms with van der Waals surface area (Å²) in [5, 5.41) is 4.23. The summed E-state index contributed by atoms with van der Waals surface area (Å²) >= 11 is 4.97. The first-order chi connectivity index (χ1) is 8.47. The molecule has 5 heteroatoms. The highest BCUT2D eigenvalue weighted by atomic mass is 32.1. The van der Waals surface area contributed by atoms with Gasteiger partial charge in [0.05, 0.1) is 5.69 Å². The first-order valence-electron chi connectivity index (χ1n) is 5.56. The van der Waals surface area contributed by atoms with Crippen molar-refractivity contribution in [2.75, 3.05) is 0 Å². The molecule has 1 aromatic carbocycles. The van der Waals surface area contributed by atoms with Gasteiger partial charge in [0.1, 0.15) is 10.7 Å². The molecule has 0 saturated carbocycles. The van der Waals surface area contributed by atoms with Gasteiger partial charge in [-0.05, 0) is 37.6 Å². The number of hydrogen-bond donors (Lipinski definition) is 1. The van der Waals surface area contributed by atoms with Crippen LogP contribution >= 0.6 is 12.2 Å². The molecule has 0 aliphatic heterocycles. The zero-order valence-corrected chi connectivity index (χ0v) is 11.4. The molecule has 0 aliphatic carbocycles. The molecule has 0 unspecified atom stereocenters. The van der Waals surface area contributed by atoms with Crippen LogP contribution in [0.2, 0.25) is 0 Å². The number of hydrogen-bond acceptors (Lipinski definition) is 3. The van der Waals surface area contributed by atoms with E-state index in [9.17, 15) is 0 Å². The predicted octanol–water partition coefficient (Wildman–Crippen LogP) is 2.46. The van der Waals surface area contributed by atoms with Crippen LogP contribution in [0.5, 0.6) is 11.6 Å². The zero-order valence-electron chi connectivity index (χ0n) is 10.6. The summed E-state index contributed by atoms with van der Waals surface area (Å²) in [5.41, 5.74) is 8.41. The zero-order chi connectivity index (χ0) is 13.3. The van der Waals surface area contributed by atoms with E-state index >= 15 is 0 Å². The van der Waals surface area contributed by atoms with Crippen LogP contribution in [0.3, 0.4) is 0 Å². The maximum Gasteiger partial charge on any atom is 0.217 e. The summed E-state index contributed by atoms with van der Waals surface area (Å²) in [6.45, 7) is 3.88. The lowest BCUT2D eigenvalue weighted by molar-refractivity contribution is 0.430.